The van der Waals surface area contributed by atoms with Gasteiger partial charge >= 0.3 is 6.03 Å². The van der Waals surface area contributed by atoms with Gasteiger partial charge in [0.25, 0.3) is 15.9 Å². The van der Waals surface area contributed by atoms with Crippen LogP contribution >= 0.6 is 38.9 Å². The smallest absolute Gasteiger partial charge is 0.321 e. The summed E-state index contributed by atoms with van der Waals surface area (Å²) >= 11 is 9.89. The number of sulfonamides is 1. The third kappa shape index (κ3) is 5.57. The highest BCUT2D eigenvalue weighted by Crippen LogP contribution is 2.27. The lowest BCUT2D eigenvalue weighted by molar-refractivity contribution is 0.102. The second-order valence-corrected chi connectivity index (χ2v) is 10.1. The first kappa shape index (κ1) is 21.3. The van der Waals surface area contributed by atoms with Crippen LogP contribution in [-0.2, 0) is 10.0 Å². The first-order valence-electron chi connectivity index (χ1n) is 8.00. The van der Waals surface area contributed by atoms with Crippen molar-refractivity contribution in [2.24, 2.45) is 0 Å². The number of rotatable bonds is 5. The molecule has 11 heteroatoms. The molecule has 0 saturated heterocycles. The number of carbonyl (C=O) groups is 2. The molecule has 0 saturated carbocycles. The van der Waals surface area contributed by atoms with E-state index in [2.05, 4.69) is 26.6 Å². The van der Waals surface area contributed by atoms with Gasteiger partial charge in [0.05, 0.1) is 10.0 Å². The van der Waals surface area contributed by atoms with E-state index in [9.17, 15) is 18.0 Å². The Balaban J connectivity index is 1.65. The Bertz CT molecular complexity index is 1170. The minimum atomic E-state index is -4.02. The quantitative estimate of drug-likeness (QED) is 0.449. The van der Waals surface area contributed by atoms with Gasteiger partial charge in [0.2, 0.25) is 0 Å². The Morgan fingerprint density at radius 1 is 0.966 bits per heavy atom. The molecule has 2 aromatic carbocycles. The summed E-state index contributed by atoms with van der Waals surface area (Å²) in [4.78, 5) is 24.3. The van der Waals surface area contributed by atoms with E-state index in [1.54, 1.807) is 30.3 Å². The average molecular weight is 515 g/mol. The molecule has 29 heavy (non-hydrogen) atoms. The van der Waals surface area contributed by atoms with Gasteiger partial charge in [0, 0.05) is 15.7 Å². The number of halogens is 2. The third-order valence-electron chi connectivity index (χ3n) is 3.55. The lowest BCUT2D eigenvalue weighted by Gasteiger charge is -2.11. The Morgan fingerprint density at radius 3 is 2.31 bits per heavy atom. The number of hydrogen-bond acceptors (Lipinski definition) is 5. The standard InChI is InChI=1S/C18H13BrClN3O4S2/c19-13-10-12(6-7-14(13)22-17(24)11-4-2-1-3-5-11)21-18(25)23-29(26,27)16-9-8-15(20)28-16/h1-10H,(H,22,24)(H2,21,23,25). The highest BCUT2D eigenvalue weighted by molar-refractivity contribution is 9.10. The molecule has 0 spiro atoms. The molecule has 150 valence electrons. The molecule has 0 radical (unpaired) electrons. The van der Waals surface area contributed by atoms with Crippen LogP contribution in [0.5, 0.6) is 0 Å². The molecule has 0 unspecified atom stereocenters. The van der Waals surface area contributed by atoms with Gasteiger partial charge in [-0.25, -0.2) is 17.9 Å². The summed E-state index contributed by atoms with van der Waals surface area (Å²) < 4.78 is 26.9. The molecule has 3 aromatic rings. The second-order valence-electron chi connectivity index (χ2n) is 5.63. The van der Waals surface area contributed by atoms with Crippen molar-refractivity contribution in [3.63, 3.8) is 0 Å². The van der Waals surface area contributed by atoms with Gasteiger partial charge in [0.15, 0.2) is 0 Å². The second kappa shape index (κ2) is 8.95. The van der Waals surface area contributed by atoms with Crippen molar-refractivity contribution >= 4 is 72.2 Å². The molecule has 0 fully saturated rings. The molecule has 0 atom stereocenters. The molecule has 3 N–H and O–H groups in total. The Hall–Kier alpha value is -2.40. The van der Waals surface area contributed by atoms with Crippen LogP contribution < -0.4 is 15.4 Å². The van der Waals surface area contributed by atoms with E-state index in [4.69, 9.17) is 11.6 Å². The number of carbonyl (C=O) groups excluding carboxylic acids is 2. The van der Waals surface area contributed by atoms with E-state index in [0.717, 1.165) is 11.3 Å². The van der Waals surface area contributed by atoms with Gasteiger partial charge in [-0.2, -0.15) is 0 Å². The monoisotopic (exact) mass is 513 g/mol. The van der Waals surface area contributed by atoms with Gasteiger partial charge in [-0.15, -0.1) is 11.3 Å². The molecule has 0 aliphatic heterocycles. The van der Waals surface area contributed by atoms with Gasteiger partial charge in [-0.05, 0) is 58.4 Å². The lowest BCUT2D eigenvalue weighted by atomic mass is 10.2. The number of benzene rings is 2. The van der Waals surface area contributed by atoms with Crippen molar-refractivity contribution in [2.45, 2.75) is 4.21 Å². The van der Waals surface area contributed by atoms with Crippen LogP contribution in [0.15, 0.2) is 69.3 Å². The number of thiophene rings is 1. The van der Waals surface area contributed by atoms with Crippen molar-refractivity contribution in [3.05, 3.63) is 75.0 Å². The topological polar surface area (TPSA) is 104 Å². The normalized spacial score (nSPS) is 11.0. The summed E-state index contributed by atoms with van der Waals surface area (Å²) in [6.45, 7) is 0. The molecular weight excluding hydrogens is 502 g/mol. The average Bonchev–Trinajstić information content (AvgIpc) is 3.11. The van der Waals surface area contributed by atoms with Gasteiger partial charge in [-0.3, -0.25) is 4.79 Å². The highest BCUT2D eigenvalue weighted by Gasteiger charge is 2.20. The molecule has 0 aliphatic carbocycles. The lowest BCUT2D eigenvalue weighted by Crippen LogP contribution is -2.33. The third-order valence-corrected chi connectivity index (χ3v) is 7.26. The summed E-state index contributed by atoms with van der Waals surface area (Å²) in [6, 6.07) is 15.1. The van der Waals surface area contributed by atoms with Crippen LogP contribution in [0.3, 0.4) is 0 Å². The van der Waals surface area contributed by atoms with Crippen LogP contribution in [0.1, 0.15) is 10.4 Å². The molecule has 1 heterocycles. The minimum absolute atomic E-state index is 0.0715. The number of anilines is 2. The Labute approximate surface area is 184 Å². The maximum atomic E-state index is 12.2. The number of urea groups is 1. The maximum Gasteiger partial charge on any atom is 0.333 e. The van der Waals surface area contributed by atoms with E-state index in [1.807, 2.05) is 10.8 Å². The van der Waals surface area contributed by atoms with Gasteiger partial charge in [-0.1, -0.05) is 29.8 Å². The van der Waals surface area contributed by atoms with Crippen molar-refractivity contribution < 1.29 is 18.0 Å². The van der Waals surface area contributed by atoms with Gasteiger partial charge < -0.3 is 10.6 Å². The largest absolute Gasteiger partial charge is 0.333 e. The van der Waals surface area contributed by atoms with E-state index in [-0.39, 0.29) is 10.1 Å². The van der Waals surface area contributed by atoms with Crippen molar-refractivity contribution in [1.29, 1.82) is 0 Å². The first-order valence-corrected chi connectivity index (χ1v) is 11.5. The molecule has 3 amide bonds. The fraction of sp³-hybridized carbons (Fsp3) is 0. The molecule has 1 aromatic heterocycles. The number of nitrogens with one attached hydrogen (secondary N) is 3. The van der Waals surface area contributed by atoms with Crippen molar-refractivity contribution in [2.75, 3.05) is 10.6 Å². The number of amides is 3. The zero-order valence-corrected chi connectivity index (χ0v) is 18.5. The van der Waals surface area contributed by atoms with Crippen LogP contribution in [0.4, 0.5) is 16.2 Å². The minimum Gasteiger partial charge on any atom is -0.321 e. The maximum absolute atomic E-state index is 12.2. The predicted molar refractivity (Wildman–Crippen MR) is 117 cm³/mol. The molecular formula is C18H13BrClN3O4S2. The SMILES string of the molecule is O=C(Nc1ccc(NC(=O)c2ccccc2)c(Br)c1)NS(=O)(=O)c1ccc(Cl)s1. The Kier molecular flexibility index (Phi) is 6.58. The summed E-state index contributed by atoms with van der Waals surface area (Å²) in [7, 11) is -4.02. The fourth-order valence-corrected chi connectivity index (χ4v) is 5.12. The van der Waals surface area contributed by atoms with Crippen LogP contribution in [0.25, 0.3) is 0 Å². The van der Waals surface area contributed by atoms with E-state index in [1.165, 1.54) is 24.3 Å². The van der Waals surface area contributed by atoms with E-state index < -0.39 is 16.1 Å². The molecule has 3 rings (SSSR count). The summed E-state index contributed by atoms with van der Waals surface area (Å²) in [5.41, 5.74) is 1.32. The summed E-state index contributed by atoms with van der Waals surface area (Å²) in [5.74, 6) is -0.287. The van der Waals surface area contributed by atoms with Crippen molar-refractivity contribution in [1.82, 2.24) is 4.72 Å². The summed E-state index contributed by atoms with van der Waals surface area (Å²) in [6.07, 6.45) is 0. The van der Waals surface area contributed by atoms with E-state index in [0.29, 0.717) is 25.7 Å². The molecule has 0 aliphatic rings. The predicted octanol–water partition coefficient (Wildman–Crippen LogP) is 4.93. The number of hydrogen-bond donors (Lipinski definition) is 3. The van der Waals surface area contributed by atoms with Gasteiger partial charge in [0.1, 0.15) is 4.21 Å². The Morgan fingerprint density at radius 2 is 1.69 bits per heavy atom. The van der Waals surface area contributed by atoms with E-state index >= 15 is 0 Å². The van der Waals surface area contributed by atoms with Crippen LogP contribution in [0, 0.1) is 0 Å². The molecule has 7 nitrogen and oxygen atoms in total. The van der Waals surface area contributed by atoms with Crippen LogP contribution in [0.2, 0.25) is 4.34 Å². The fourth-order valence-electron chi connectivity index (χ4n) is 2.25. The highest BCUT2D eigenvalue weighted by atomic mass is 79.9. The van der Waals surface area contributed by atoms with Crippen molar-refractivity contribution in [3.8, 4) is 0 Å². The first-order chi connectivity index (χ1) is 13.7. The molecule has 0 bridgehead atoms. The summed E-state index contributed by atoms with van der Waals surface area (Å²) in [5, 5.41) is 5.18. The zero-order valence-electron chi connectivity index (χ0n) is 14.5. The zero-order chi connectivity index (χ0) is 21.0. The van der Waals surface area contributed by atoms with Crippen LogP contribution in [-0.4, -0.2) is 20.4 Å².